The van der Waals surface area contributed by atoms with Crippen LogP contribution in [0.5, 0.6) is 0 Å². The fourth-order valence-corrected chi connectivity index (χ4v) is 1.78. The van der Waals surface area contributed by atoms with Gasteiger partial charge in [-0.05, 0) is 6.07 Å². The van der Waals surface area contributed by atoms with Gasteiger partial charge in [-0.1, -0.05) is 0 Å². The number of aromatic nitrogens is 1. The maximum atomic E-state index is 12.5. The van der Waals surface area contributed by atoms with E-state index in [1.807, 2.05) is 0 Å². The average molecular weight is 247 g/mol. The first-order valence-electron chi connectivity index (χ1n) is 5.09. The smallest absolute Gasteiger partial charge is 0.390 e. The van der Waals surface area contributed by atoms with Gasteiger partial charge in [-0.2, -0.15) is 13.2 Å². The van der Waals surface area contributed by atoms with E-state index in [0.717, 1.165) is 12.3 Å². The Bertz CT molecular complexity index is 400. The van der Waals surface area contributed by atoms with Crippen molar-refractivity contribution in [3.8, 4) is 0 Å². The minimum absolute atomic E-state index is 0.226. The molecule has 7 heteroatoms. The monoisotopic (exact) mass is 247 g/mol. The van der Waals surface area contributed by atoms with E-state index in [2.05, 4.69) is 4.98 Å². The summed E-state index contributed by atoms with van der Waals surface area (Å²) in [6.45, 7) is 0.550. The number of hydrogen-bond acceptors (Lipinski definition) is 4. The number of rotatable bonds is 1. The molecule has 1 aliphatic heterocycles. The van der Waals surface area contributed by atoms with E-state index in [9.17, 15) is 18.3 Å². The van der Waals surface area contributed by atoms with Crippen LogP contribution in [0.3, 0.4) is 0 Å². The molecule has 2 rings (SSSR count). The van der Waals surface area contributed by atoms with Crippen molar-refractivity contribution in [1.82, 2.24) is 4.98 Å². The molecule has 1 aromatic rings. The summed E-state index contributed by atoms with van der Waals surface area (Å²) in [4.78, 5) is 5.16. The van der Waals surface area contributed by atoms with Crippen molar-refractivity contribution in [2.45, 2.75) is 18.3 Å². The maximum Gasteiger partial charge on any atom is 0.417 e. The molecule has 1 aromatic heterocycles. The highest BCUT2D eigenvalue weighted by atomic mass is 19.4. The largest absolute Gasteiger partial charge is 0.417 e. The molecule has 1 fully saturated rings. The van der Waals surface area contributed by atoms with Crippen LogP contribution in [-0.4, -0.2) is 35.3 Å². The van der Waals surface area contributed by atoms with Gasteiger partial charge in [0.15, 0.2) is 0 Å². The van der Waals surface area contributed by atoms with Gasteiger partial charge < -0.3 is 15.7 Å². The molecule has 1 aliphatic rings. The minimum Gasteiger partial charge on any atom is -0.390 e. The van der Waals surface area contributed by atoms with Gasteiger partial charge in [-0.3, -0.25) is 4.98 Å². The number of aliphatic hydroxyl groups is 1. The van der Waals surface area contributed by atoms with Crippen LogP contribution in [0, 0.1) is 0 Å². The molecule has 0 unspecified atom stereocenters. The molecule has 4 nitrogen and oxygen atoms in total. The molecule has 1 saturated heterocycles. The van der Waals surface area contributed by atoms with Crippen molar-refractivity contribution >= 4 is 5.69 Å². The van der Waals surface area contributed by atoms with E-state index in [-0.39, 0.29) is 6.54 Å². The number of pyridine rings is 1. The van der Waals surface area contributed by atoms with Crippen LogP contribution in [0.15, 0.2) is 18.5 Å². The summed E-state index contributed by atoms with van der Waals surface area (Å²) in [5, 5.41) is 9.45. The Labute approximate surface area is 95.9 Å². The molecule has 0 bridgehead atoms. The summed E-state index contributed by atoms with van der Waals surface area (Å²) in [5.74, 6) is 0. The Kier molecular flexibility index (Phi) is 2.96. The fraction of sp³-hybridized carbons (Fsp3) is 0.500. The van der Waals surface area contributed by atoms with Gasteiger partial charge in [-0.15, -0.1) is 0 Å². The third kappa shape index (κ3) is 2.50. The topological polar surface area (TPSA) is 62.4 Å². The standard InChI is InChI=1S/C10H12F3N3O/c11-10(12,13)6-1-7(3-15-2-6)16-4-8(14)9(17)5-16/h1-3,8-9,17H,4-5,14H2/t8-,9-/m0/s1. The molecule has 94 valence electrons. The zero-order valence-electron chi connectivity index (χ0n) is 8.85. The molecule has 0 amide bonds. The molecule has 3 N–H and O–H groups in total. The second-order valence-corrected chi connectivity index (χ2v) is 4.07. The van der Waals surface area contributed by atoms with Crippen LogP contribution >= 0.6 is 0 Å². The van der Waals surface area contributed by atoms with Crippen LogP contribution in [0.1, 0.15) is 5.56 Å². The Morgan fingerprint density at radius 2 is 2.06 bits per heavy atom. The Morgan fingerprint density at radius 1 is 1.35 bits per heavy atom. The molecule has 0 aromatic carbocycles. The highest BCUT2D eigenvalue weighted by molar-refractivity contribution is 5.48. The first kappa shape index (κ1) is 12.1. The van der Waals surface area contributed by atoms with Gasteiger partial charge in [0.1, 0.15) is 0 Å². The van der Waals surface area contributed by atoms with Crippen LogP contribution in [-0.2, 0) is 6.18 Å². The summed E-state index contributed by atoms with van der Waals surface area (Å²) in [7, 11) is 0. The maximum absolute atomic E-state index is 12.5. The van der Waals surface area contributed by atoms with E-state index < -0.39 is 23.9 Å². The molecule has 2 heterocycles. The Balaban J connectivity index is 2.23. The minimum atomic E-state index is -4.41. The van der Waals surface area contributed by atoms with Gasteiger partial charge >= 0.3 is 6.18 Å². The number of anilines is 1. The number of nitrogens with two attached hydrogens (primary N) is 1. The van der Waals surface area contributed by atoms with E-state index in [1.54, 1.807) is 4.90 Å². The molecule has 17 heavy (non-hydrogen) atoms. The second kappa shape index (κ2) is 4.15. The number of alkyl halides is 3. The molecule has 0 saturated carbocycles. The van der Waals surface area contributed by atoms with E-state index in [1.165, 1.54) is 6.20 Å². The van der Waals surface area contributed by atoms with Crippen LogP contribution in [0.25, 0.3) is 0 Å². The number of nitrogens with zero attached hydrogens (tertiary/aromatic N) is 2. The van der Waals surface area contributed by atoms with Gasteiger partial charge in [0, 0.05) is 25.3 Å². The van der Waals surface area contributed by atoms with E-state index in [4.69, 9.17) is 5.73 Å². The summed E-state index contributed by atoms with van der Waals surface area (Å²) < 4.78 is 37.4. The lowest BCUT2D eigenvalue weighted by atomic mass is 10.2. The number of halogens is 3. The molecule has 0 radical (unpaired) electrons. The van der Waals surface area contributed by atoms with Crippen molar-refractivity contribution < 1.29 is 18.3 Å². The van der Waals surface area contributed by atoms with E-state index >= 15 is 0 Å². The highest BCUT2D eigenvalue weighted by Crippen LogP contribution is 2.31. The van der Waals surface area contributed by atoms with Gasteiger partial charge in [0.25, 0.3) is 0 Å². The Morgan fingerprint density at radius 3 is 2.59 bits per heavy atom. The van der Waals surface area contributed by atoms with Crippen molar-refractivity contribution in [1.29, 1.82) is 0 Å². The van der Waals surface area contributed by atoms with Gasteiger partial charge in [0.2, 0.25) is 0 Å². The van der Waals surface area contributed by atoms with Crippen molar-refractivity contribution in [3.05, 3.63) is 24.0 Å². The summed E-state index contributed by atoms with van der Waals surface area (Å²) >= 11 is 0. The van der Waals surface area contributed by atoms with Gasteiger partial charge in [-0.25, -0.2) is 0 Å². The third-order valence-corrected chi connectivity index (χ3v) is 2.75. The van der Waals surface area contributed by atoms with Crippen molar-refractivity contribution in [2.75, 3.05) is 18.0 Å². The summed E-state index contributed by atoms with van der Waals surface area (Å²) in [6.07, 6.45) is -3.02. The lowest BCUT2D eigenvalue weighted by Gasteiger charge is -2.18. The third-order valence-electron chi connectivity index (χ3n) is 2.75. The first-order chi connectivity index (χ1) is 7.88. The van der Waals surface area contributed by atoms with Crippen LogP contribution < -0.4 is 10.6 Å². The van der Waals surface area contributed by atoms with Crippen molar-refractivity contribution in [2.24, 2.45) is 5.73 Å². The van der Waals surface area contributed by atoms with Gasteiger partial charge in [0.05, 0.1) is 23.6 Å². The molecule has 2 atom stereocenters. The van der Waals surface area contributed by atoms with Crippen LogP contribution in [0.2, 0.25) is 0 Å². The normalized spacial score (nSPS) is 25.4. The first-order valence-corrected chi connectivity index (χ1v) is 5.09. The van der Waals surface area contributed by atoms with Crippen molar-refractivity contribution in [3.63, 3.8) is 0 Å². The zero-order chi connectivity index (χ0) is 12.6. The summed E-state index contributed by atoms with van der Waals surface area (Å²) in [5.41, 5.74) is 5.12. The number of aliphatic hydroxyl groups excluding tert-OH is 1. The second-order valence-electron chi connectivity index (χ2n) is 4.07. The highest BCUT2D eigenvalue weighted by Gasteiger charge is 2.33. The quantitative estimate of drug-likeness (QED) is 0.763. The number of hydrogen-bond donors (Lipinski definition) is 2. The Hall–Kier alpha value is -1.34. The zero-order valence-corrected chi connectivity index (χ0v) is 8.85. The number of β-amino-alcohol motifs (C(OH)–C–C–N with tert-alkyl or cyclic N) is 1. The summed E-state index contributed by atoms with van der Waals surface area (Å²) in [6, 6.07) is 0.571. The predicted molar refractivity (Wildman–Crippen MR) is 55.4 cm³/mol. The molecule has 0 aliphatic carbocycles. The fourth-order valence-electron chi connectivity index (χ4n) is 1.78. The lowest BCUT2D eigenvalue weighted by Crippen LogP contribution is -2.32. The molecular formula is C10H12F3N3O. The molecular weight excluding hydrogens is 235 g/mol. The molecule has 0 spiro atoms. The SMILES string of the molecule is N[C@H]1CN(c2cncc(C(F)(F)F)c2)C[C@@H]1O. The van der Waals surface area contributed by atoms with Crippen LogP contribution in [0.4, 0.5) is 18.9 Å². The lowest BCUT2D eigenvalue weighted by molar-refractivity contribution is -0.137. The average Bonchev–Trinajstić information content (AvgIpc) is 2.58. The van der Waals surface area contributed by atoms with E-state index in [0.29, 0.717) is 12.2 Å². The predicted octanol–water partition coefficient (Wildman–Crippen LogP) is 0.609.